The average Bonchev–Trinajstić information content (AvgIpc) is 3.07. The van der Waals surface area contributed by atoms with Crippen molar-refractivity contribution in [3.63, 3.8) is 0 Å². The molecule has 8 heteroatoms. The molecule has 2 aliphatic heterocycles. The Morgan fingerprint density at radius 1 is 0.750 bits per heavy atom. The Bertz CT molecular complexity index is 775. The highest BCUT2D eigenvalue weighted by atomic mass is 35.5. The Kier molecular flexibility index (Phi) is 3.51. The summed E-state index contributed by atoms with van der Waals surface area (Å²) < 4.78 is 0. The van der Waals surface area contributed by atoms with Crippen LogP contribution in [0.3, 0.4) is 0 Å². The zero-order valence-corrected chi connectivity index (χ0v) is 13.8. The van der Waals surface area contributed by atoms with Crippen LogP contribution in [0.4, 0.5) is 9.59 Å². The number of nitrogens with one attached hydrogen (secondary N) is 2. The number of amides is 4. The van der Waals surface area contributed by atoms with E-state index >= 15 is 0 Å². The van der Waals surface area contributed by atoms with E-state index in [1.54, 1.807) is 48.5 Å². The molecule has 24 heavy (non-hydrogen) atoms. The number of carbonyl (C=O) groups is 2. The first kappa shape index (κ1) is 15.1. The zero-order chi connectivity index (χ0) is 16.8. The summed E-state index contributed by atoms with van der Waals surface area (Å²) in [4.78, 5) is 24.9. The lowest BCUT2D eigenvalue weighted by Gasteiger charge is -2.24. The Hall–Kier alpha value is -2.44. The smallest absolute Gasteiger partial charge is 0.310 e. The first-order chi connectivity index (χ1) is 11.5. The van der Waals surface area contributed by atoms with Gasteiger partial charge in [-0.1, -0.05) is 47.5 Å². The molecule has 0 unspecified atom stereocenters. The van der Waals surface area contributed by atoms with Crippen molar-refractivity contribution < 1.29 is 9.59 Å². The number of halogens is 2. The van der Waals surface area contributed by atoms with Crippen LogP contribution < -0.4 is 10.6 Å². The molecule has 2 N–H and O–H groups in total. The Labute approximate surface area is 147 Å². The van der Waals surface area contributed by atoms with Gasteiger partial charge in [0, 0.05) is 10.0 Å². The van der Waals surface area contributed by atoms with E-state index in [0.717, 1.165) is 11.1 Å². The number of carbonyl (C=O) groups excluding carboxylic acids is 2. The molecule has 0 saturated carbocycles. The first-order valence-electron chi connectivity index (χ1n) is 7.25. The van der Waals surface area contributed by atoms with Crippen LogP contribution in [0, 0.1) is 0 Å². The molecule has 2 fully saturated rings. The molecule has 4 rings (SSSR count). The molecule has 2 saturated heterocycles. The van der Waals surface area contributed by atoms with Crippen molar-refractivity contribution in [2.45, 2.75) is 12.3 Å². The fourth-order valence-electron chi connectivity index (χ4n) is 2.97. The van der Waals surface area contributed by atoms with Crippen molar-refractivity contribution in [3.8, 4) is 0 Å². The fourth-order valence-corrected chi connectivity index (χ4v) is 3.37. The second-order valence-corrected chi connectivity index (χ2v) is 6.38. The third-order valence-corrected chi connectivity index (χ3v) is 4.46. The summed E-state index contributed by atoms with van der Waals surface area (Å²) in [6.45, 7) is 0. The van der Waals surface area contributed by atoms with Gasteiger partial charge < -0.3 is 10.6 Å². The van der Waals surface area contributed by atoms with Gasteiger partial charge in [0.05, 0.1) is 0 Å². The van der Waals surface area contributed by atoms with Gasteiger partial charge in [0.2, 0.25) is 0 Å². The van der Waals surface area contributed by atoms with Crippen molar-refractivity contribution in [1.29, 1.82) is 0 Å². The molecule has 2 aliphatic rings. The van der Waals surface area contributed by atoms with Crippen LogP contribution in [0.25, 0.3) is 0 Å². The summed E-state index contributed by atoms with van der Waals surface area (Å²) >= 11 is 12.0. The van der Waals surface area contributed by atoms with Gasteiger partial charge in [0.15, 0.2) is 12.3 Å². The number of nitrogens with zero attached hydrogens (tertiary/aromatic N) is 2. The van der Waals surface area contributed by atoms with E-state index in [-0.39, 0.29) is 12.1 Å². The van der Waals surface area contributed by atoms with Crippen LogP contribution in [0.2, 0.25) is 10.0 Å². The van der Waals surface area contributed by atoms with Gasteiger partial charge in [-0.05, 0) is 35.4 Å². The van der Waals surface area contributed by atoms with E-state index in [1.165, 1.54) is 10.0 Å². The summed E-state index contributed by atoms with van der Waals surface area (Å²) in [5.41, 5.74) is 1.44. The van der Waals surface area contributed by atoms with Gasteiger partial charge in [0.25, 0.3) is 0 Å². The van der Waals surface area contributed by atoms with Crippen molar-refractivity contribution in [2.75, 3.05) is 0 Å². The quantitative estimate of drug-likeness (QED) is 0.855. The van der Waals surface area contributed by atoms with Gasteiger partial charge in [-0.3, -0.25) is 0 Å². The largest absolute Gasteiger partial charge is 0.340 e. The minimum absolute atomic E-state index is 0.372. The number of hydrazine groups is 1. The third-order valence-electron chi connectivity index (χ3n) is 3.99. The van der Waals surface area contributed by atoms with Crippen molar-refractivity contribution >= 4 is 35.3 Å². The van der Waals surface area contributed by atoms with E-state index in [1.807, 2.05) is 0 Å². The molecule has 6 nitrogen and oxygen atoms in total. The SMILES string of the molecule is O=C1N[C@@H](c2cccc(Cl)c2)N2C(=O)N[C@H](c3cccc(Cl)c3)N12. The number of urea groups is 2. The van der Waals surface area contributed by atoms with Gasteiger partial charge in [0.1, 0.15) is 0 Å². The molecular formula is C16H12Cl2N4O2. The fraction of sp³-hybridized carbons (Fsp3) is 0.125. The molecule has 2 aromatic carbocycles. The molecule has 2 aromatic rings. The van der Waals surface area contributed by atoms with Crippen LogP contribution in [0.5, 0.6) is 0 Å². The number of rotatable bonds is 2. The minimum atomic E-state index is -0.611. The molecule has 4 amide bonds. The predicted octanol–water partition coefficient (Wildman–Crippen LogP) is 3.66. The van der Waals surface area contributed by atoms with E-state index in [4.69, 9.17) is 23.2 Å². The Morgan fingerprint density at radius 3 is 1.54 bits per heavy atom. The predicted molar refractivity (Wildman–Crippen MR) is 89.1 cm³/mol. The molecule has 0 aliphatic carbocycles. The minimum Gasteiger partial charge on any atom is -0.310 e. The summed E-state index contributed by atoms with van der Waals surface area (Å²) in [6.07, 6.45) is -1.22. The van der Waals surface area contributed by atoms with E-state index < -0.39 is 12.3 Å². The molecule has 2 atom stereocenters. The number of hydrogen-bond donors (Lipinski definition) is 2. The molecular weight excluding hydrogens is 351 g/mol. The van der Waals surface area contributed by atoms with Crippen LogP contribution in [-0.2, 0) is 0 Å². The standard InChI is InChI=1S/C16H12Cl2N4O2/c17-11-5-1-3-9(7-11)13-19-15(23)22-14(20-16(24)21(13)22)10-4-2-6-12(18)8-10/h1-8,13-14H,(H,19,23)(H,20,24)/t13-,14+. The van der Waals surface area contributed by atoms with Gasteiger partial charge in [-0.2, -0.15) is 0 Å². The lowest BCUT2D eigenvalue weighted by atomic mass is 10.2. The summed E-state index contributed by atoms with van der Waals surface area (Å²) in [7, 11) is 0. The molecule has 0 bridgehead atoms. The van der Waals surface area contributed by atoms with Gasteiger partial charge in [-0.25, -0.2) is 19.6 Å². The molecule has 0 radical (unpaired) electrons. The van der Waals surface area contributed by atoms with Crippen molar-refractivity contribution in [2.24, 2.45) is 0 Å². The maximum absolute atomic E-state index is 12.5. The van der Waals surface area contributed by atoms with Crippen LogP contribution in [0.15, 0.2) is 48.5 Å². The van der Waals surface area contributed by atoms with E-state index in [2.05, 4.69) is 10.6 Å². The van der Waals surface area contributed by atoms with E-state index in [9.17, 15) is 9.59 Å². The highest BCUT2D eigenvalue weighted by Crippen LogP contribution is 2.37. The third kappa shape index (κ3) is 2.35. The average molecular weight is 363 g/mol. The van der Waals surface area contributed by atoms with Crippen LogP contribution in [0.1, 0.15) is 23.5 Å². The highest BCUT2D eigenvalue weighted by Gasteiger charge is 2.51. The molecule has 0 aromatic heterocycles. The number of benzene rings is 2. The topological polar surface area (TPSA) is 64.7 Å². The van der Waals surface area contributed by atoms with Gasteiger partial charge in [-0.15, -0.1) is 0 Å². The summed E-state index contributed by atoms with van der Waals surface area (Å²) in [6, 6.07) is 13.3. The monoisotopic (exact) mass is 362 g/mol. The van der Waals surface area contributed by atoms with Crippen LogP contribution in [-0.4, -0.2) is 22.1 Å². The van der Waals surface area contributed by atoms with Crippen molar-refractivity contribution in [1.82, 2.24) is 20.7 Å². The van der Waals surface area contributed by atoms with Crippen molar-refractivity contribution in [3.05, 3.63) is 69.7 Å². The maximum Gasteiger partial charge on any atom is 0.340 e. The van der Waals surface area contributed by atoms with Gasteiger partial charge >= 0.3 is 12.1 Å². The molecule has 0 spiro atoms. The second-order valence-electron chi connectivity index (χ2n) is 5.50. The highest BCUT2D eigenvalue weighted by molar-refractivity contribution is 6.30. The van der Waals surface area contributed by atoms with E-state index in [0.29, 0.717) is 10.0 Å². The molecule has 2 heterocycles. The lowest BCUT2D eigenvalue weighted by Crippen LogP contribution is -2.36. The summed E-state index contributed by atoms with van der Waals surface area (Å²) in [5.74, 6) is 0. The Morgan fingerprint density at radius 2 is 1.17 bits per heavy atom. The number of fused-ring (bicyclic) bond motifs is 1. The summed E-state index contributed by atoms with van der Waals surface area (Å²) in [5, 5.41) is 9.40. The zero-order valence-electron chi connectivity index (χ0n) is 12.2. The maximum atomic E-state index is 12.5. The second kappa shape index (κ2) is 5.58. The first-order valence-corrected chi connectivity index (χ1v) is 8.00. The Balaban J connectivity index is 1.72. The van der Waals surface area contributed by atoms with Crippen LogP contribution >= 0.6 is 23.2 Å². The number of hydrogen-bond acceptors (Lipinski definition) is 2. The normalized spacial score (nSPS) is 22.4. The lowest BCUT2D eigenvalue weighted by molar-refractivity contribution is 0.0672. The molecule has 122 valence electrons.